The lowest BCUT2D eigenvalue weighted by Crippen LogP contribution is -2.68. The van der Waals surface area contributed by atoms with Gasteiger partial charge in [-0.3, -0.25) is 0 Å². The first kappa shape index (κ1) is 26.5. The molecule has 204 valence electrons. The van der Waals surface area contributed by atoms with Crippen LogP contribution in [0.5, 0.6) is 0 Å². The first-order valence-electron chi connectivity index (χ1n) is 15.3. The van der Waals surface area contributed by atoms with E-state index in [1.54, 1.807) is 5.57 Å². The van der Waals surface area contributed by atoms with Crippen molar-refractivity contribution in [2.45, 2.75) is 103 Å². The van der Waals surface area contributed by atoms with E-state index in [0.29, 0.717) is 11.3 Å². The van der Waals surface area contributed by atoms with Gasteiger partial charge in [-0.1, -0.05) is 107 Å². The third kappa shape index (κ3) is 3.94. The zero-order chi connectivity index (χ0) is 26.8. The number of rotatable bonds is 4. The highest BCUT2D eigenvalue weighted by molar-refractivity contribution is 6.99. The Morgan fingerprint density at radius 1 is 0.816 bits per heavy atom. The van der Waals surface area contributed by atoms with Crippen molar-refractivity contribution < 1.29 is 9.53 Å². The molecule has 0 saturated heterocycles. The van der Waals surface area contributed by atoms with E-state index in [9.17, 15) is 5.11 Å². The van der Waals surface area contributed by atoms with Crippen molar-refractivity contribution in [3.63, 3.8) is 0 Å². The van der Waals surface area contributed by atoms with Gasteiger partial charge in [0, 0.05) is 6.10 Å². The van der Waals surface area contributed by atoms with Crippen molar-refractivity contribution in [2.75, 3.05) is 0 Å². The summed E-state index contributed by atoms with van der Waals surface area (Å²) in [6, 6.07) is 22.3. The van der Waals surface area contributed by atoms with Crippen molar-refractivity contribution in [3.05, 3.63) is 72.3 Å². The summed E-state index contributed by atoms with van der Waals surface area (Å²) in [5.74, 6) is 2.20. The van der Waals surface area contributed by atoms with Crippen LogP contribution in [0.3, 0.4) is 0 Å². The molecule has 0 aliphatic heterocycles. The van der Waals surface area contributed by atoms with Gasteiger partial charge in [0.05, 0.1) is 6.10 Å². The van der Waals surface area contributed by atoms with E-state index in [2.05, 4.69) is 101 Å². The van der Waals surface area contributed by atoms with Crippen LogP contribution in [0, 0.1) is 28.6 Å². The largest absolute Gasteiger partial charge is 0.404 e. The molecule has 3 saturated carbocycles. The summed E-state index contributed by atoms with van der Waals surface area (Å²) in [4.78, 5) is 0. The lowest BCUT2D eigenvalue weighted by Gasteiger charge is -2.58. The monoisotopic (exact) mass is 528 g/mol. The standard InChI is InChI=1S/C35H48O2Si/c1-33(2,3)38(27-12-8-6-9-13-27,28-14-10-7-11-15-28)37-26-20-22-34(4)25(24-26)16-17-29-30-18-19-32(36)35(30,5)23-21-31(29)34/h6-16,26,29-32,36H,17-24H2,1-5H3/t26-,29-,30-,31-,32-,34-,35-/m0/s1. The molecule has 4 aliphatic rings. The lowest BCUT2D eigenvalue weighted by molar-refractivity contribution is -0.0705. The second kappa shape index (κ2) is 9.46. The minimum Gasteiger partial charge on any atom is -0.404 e. The molecule has 2 aromatic carbocycles. The normalized spacial score (nSPS) is 37.1. The molecule has 7 atom stereocenters. The van der Waals surface area contributed by atoms with Gasteiger partial charge in [0.2, 0.25) is 0 Å². The van der Waals surface area contributed by atoms with Crippen LogP contribution in [0.15, 0.2) is 72.3 Å². The number of aliphatic hydroxyl groups excluding tert-OH is 1. The van der Waals surface area contributed by atoms with Gasteiger partial charge in [-0.15, -0.1) is 0 Å². The molecule has 0 heterocycles. The second-order valence-electron chi connectivity index (χ2n) is 14.5. The fourth-order valence-corrected chi connectivity index (χ4v) is 14.4. The molecule has 2 aromatic rings. The first-order chi connectivity index (χ1) is 18.1. The van der Waals surface area contributed by atoms with Gasteiger partial charge in [-0.25, -0.2) is 0 Å². The summed E-state index contributed by atoms with van der Waals surface area (Å²) in [7, 11) is -2.54. The number of fused-ring (bicyclic) bond motifs is 5. The second-order valence-corrected chi connectivity index (χ2v) is 18.8. The molecular weight excluding hydrogens is 480 g/mol. The van der Waals surface area contributed by atoms with Crippen molar-refractivity contribution in [1.82, 2.24) is 0 Å². The molecular formula is C35H48O2Si. The zero-order valence-electron chi connectivity index (χ0n) is 24.2. The van der Waals surface area contributed by atoms with Crippen molar-refractivity contribution in [2.24, 2.45) is 28.6 Å². The van der Waals surface area contributed by atoms with E-state index < -0.39 is 8.32 Å². The van der Waals surface area contributed by atoms with Crippen LogP contribution in [0.2, 0.25) is 5.04 Å². The molecule has 4 aliphatic carbocycles. The summed E-state index contributed by atoms with van der Waals surface area (Å²) in [5.41, 5.74) is 2.12. The van der Waals surface area contributed by atoms with Crippen molar-refractivity contribution in [1.29, 1.82) is 0 Å². The Kier molecular flexibility index (Phi) is 6.60. The van der Waals surface area contributed by atoms with E-state index in [-0.39, 0.29) is 22.7 Å². The van der Waals surface area contributed by atoms with Crippen molar-refractivity contribution >= 4 is 18.7 Å². The summed E-state index contributed by atoms with van der Waals surface area (Å²) < 4.78 is 7.61. The maximum Gasteiger partial charge on any atom is 0.261 e. The Morgan fingerprint density at radius 3 is 2.05 bits per heavy atom. The fraction of sp³-hybridized carbons (Fsp3) is 0.600. The maximum absolute atomic E-state index is 10.8. The van der Waals surface area contributed by atoms with E-state index in [0.717, 1.165) is 31.1 Å². The van der Waals surface area contributed by atoms with Crippen LogP contribution in [0.25, 0.3) is 0 Å². The molecule has 6 rings (SSSR count). The molecule has 3 fully saturated rings. The average molecular weight is 529 g/mol. The van der Waals surface area contributed by atoms with Gasteiger partial charge >= 0.3 is 0 Å². The van der Waals surface area contributed by atoms with E-state index in [4.69, 9.17) is 4.43 Å². The van der Waals surface area contributed by atoms with Crippen LogP contribution in [0.1, 0.15) is 86.0 Å². The predicted molar refractivity (Wildman–Crippen MR) is 160 cm³/mol. The molecule has 0 amide bonds. The highest BCUT2D eigenvalue weighted by Gasteiger charge is 2.59. The van der Waals surface area contributed by atoms with E-state index in [1.165, 1.54) is 42.5 Å². The summed E-state index contributed by atoms with van der Waals surface area (Å²) >= 11 is 0. The summed E-state index contributed by atoms with van der Waals surface area (Å²) in [6.07, 6.45) is 12.2. The number of allylic oxidation sites excluding steroid dienone is 1. The molecule has 0 radical (unpaired) electrons. The molecule has 1 N–H and O–H groups in total. The molecule has 0 unspecified atom stereocenters. The third-order valence-corrected chi connectivity index (χ3v) is 16.9. The van der Waals surface area contributed by atoms with Crippen LogP contribution in [0.4, 0.5) is 0 Å². The lowest BCUT2D eigenvalue weighted by atomic mass is 9.48. The van der Waals surface area contributed by atoms with Crippen LogP contribution in [-0.2, 0) is 4.43 Å². The van der Waals surface area contributed by atoms with Crippen LogP contribution >= 0.6 is 0 Å². The van der Waals surface area contributed by atoms with Gasteiger partial charge in [0.25, 0.3) is 8.32 Å². The number of hydrogen-bond acceptors (Lipinski definition) is 2. The minimum atomic E-state index is -2.54. The van der Waals surface area contributed by atoms with E-state index in [1.807, 2.05) is 0 Å². The van der Waals surface area contributed by atoms with Gasteiger partial charge < -0.3 is 9.53 Å². The first-order valence-corrected chi connectivity index (χ1v) is 17.2. The fourth-order valence-electron chi connectivity index (χ4n) is 9.64. The highest BCUT2D eigenvalue weighted by Crippen LogP contribution is 2.65. The molecule has 0 bridgehead atoms. The minimum absolute atomic E-state index is 0.0135. The Morgan fingerprint density at radius 2 is 1.45 bits per heavy atom. The quantitative estimate of drug-likeness (QED) is 0.334. The SMILES string of the molecule is CC(C)(C)[Si](O[C@H]1CC[C@@]2(C)C(=CC[C@H]3[C@@H]4CC[C@H](O)[C@@]4(C)CC[C@@H]32)C1)(c1ccccc1)c1ccccc1. The number of benzene rings is 2. The average Bonchev–Trinajstić information content (AvgIpc) is 3.22. The molecule has 3 heteroatoms. The Labute approximate surface area is 232 Å². The van der Waals surface area contributed by atoms with Gasteiger partial charge in [-0.05, 0) is 95.4 Å². The maximum atomic E-state index is 10.8. The predicted octanol–water partition coefficient (Wildman–Crippen LogP) is 7.26. The third-order valence-electron chi connectivity index (χ3n) is 11.8. The highest BCUT2D eigenvalue weighted by atomic mass is 28.4. The van der Waals surface area contributed by atoms with Crippen LogP contribution in [-0.4, -0.2) is 25.6 Å². The molecule has 2 nitrogen and oxygen atoms in total. The smallest absolute Gasteiger partial charge is 0.261 e. The Balaban J connectivity index is 1.32. The summed E-state index contributed by atoms with van der Waals surface area (Å²) in [6.45, 7) is 12.2. The Bertz CT molecular complexity index is 1130. The van der Waals surface area contributed by atoms with E-state index >= 15 is 0 Å². The molecule has 0 aromatic heterocycles. The summed E-state index contributed by atoms with van der Waals surface area (Å²) in [5, 5.41) is 13.6. The zero-order valence-corrected chi connectivity index (χ0v) is 25.2. The van der Waals surface area contributed by atoms with Crippen LogP contribution < -0.4 is 10.4 Å². The number of hydrogen-bond donors (Lipinski definition) is 1. The topological polar surface area (TPSA) is 29.5 Å². The van der Waals surface area contributed by atoms with Gasteiger partial charge in [-0.2, -0.15) is 0 Å². The molecule has 0 spiro atoms. The molecule has 38 heavy (non-hydrogen) atoms. The van der Waals surface area contributed by atoms with Gasteiger partial charge in [0.1, 0.15) is 0 Å². The van der Waals surface area contributed by atoms with Gasteiger partial charge in [0.15, 0.2) is 0 Å². The van der Waals surface area contributed by atoms with Crippen molar-refractivity contribution in [3.8, 4) is 0 Å². The Hall–Kier alpha value is -1.68. The number of aliphatic hydroxyl groups is 1.